The third kappa shape index (κ3) is 4.83. The van der Waals surface area contributed by atoms with Crippen molar-refractivity contribution in [1.82, 2.24) is 15.2 Å². The van der Waals surface area contributed by atoms with E-state index in [4.69, 9.17) is 14.7 Å². The van der Waals surface area contributed by atoms with E-state index >= 15 is 0 Å². The number of ether oxygens (including phenoxy) is 1. The van der Waals surface area contributed by atoms with Crippen LogP contribution < -0.4 is 15.0 Å². The van der Waals surface area contributed by atoms with E-state index in [9.17, 15) is 13.9 Å². The van der Waals surface area contributed by atoms with Gasteiger partial charge in [0.15, 0.2) is 0 Å². The average molecular weight is 602 g/mol. The van der Waals surface area contributed by atoms with Gasteiger partial charge in [-0.25, -0.2) is 8.78 Å². The van der Waals surface area contributed by atoms with Crippen LogP contribution >= 0.6 is 0 Å². The van der Waals surface area contributed by atoms with Crippen LogP contribution in [0.5, 0.6) is 11.6 Å². The summed E-state index contributed by atoms with van der Waals surface area (Å²) < 4.78 is 35.8. The summed E-state index contributed by atoms with van der Waals surface area (Å²) >= 11 is 0. The van der Waals surface area contributed by atoms with E-state index in [0.717, 1.165) is 65.8 Å². The first-order chi connectivity index (χ1) is 21.4. The van der Waals surface area contributed by atoms with Crippen molar-refractivity contribution < 1.29 is 18.6 Å². The van der Waals surface area contributed by atoms with Gasteiger partial charge in [-0.2, -0.15) is 4.98 Å². The third-order valence-electron chi connectivity index (χ3n) is 10.8. The van der Waals surface area contributed by atoms with Gasteiger partial charge in [0.1, 0.15) is 30.2 Å². The second-order valence-corrected chi connectivity index (χ2v) is 13.6. The van der Waals surface area contributed by atoms with Crippen LogP contribution in [-0.4, -0.2) is 77.8 Å². The Morgan fingerprint density at radius 1 is 1.14 bits per heavy atom. The number of aromatic nitrogens is 1. The maximum absolute atomic E-state index is 14.8. The van der Waals surface area contributed by atoms with E-state index in [1.807, 2.05) is 19.2 Å². The molecule has 0 spiro atoms. The van der Waals surface area contributed by atoms with Crippen LogP contribution in [0.15, 0.2) is 35.3 Å². The van der Waals surface area contributed by atoms with Gasteiger partial charge in [-0.15, -0.1) is 0 Å². The number of alkyl halides is 1. The lowest BCUT2D eigenvalue weighted by atomic mass is 9.92. The quantitative estimate of drug-likeness (QED) is 0.348. The van der Waals surface area contributed by atoms with Crippen LogP contribution in [-0.2, 0) is 12.8 Å². The molecule has 0 amide bonds. The molecule has 8 rings (SSSR count). The molecule has 0 aliphatic carbocycles. The minimum absolute atomic E-state index is 0.104. The summed E-state index contributed by atoms with van der Waals surface area (Å²) in [6.07, 6.45) is 8.01. The fraction of sp³-hybridized carbons (Fsp3) is 0.543. The Kier molecular flexibility index (Phi) is 7.01. The number of anilines is 1. The predicted molar refractivity (Wildman–Crippen MR) is 169 cm³/mol. The highest BCUT2D eigenvalue weighted by Gasteiger charge is 2.49. The molecule has 3 unspecified atom stereocenters. The molecule has 7 nitrogen and oxygen atoms in total. The zero-order chi connectivity index (χ0) is 30.0. The number of benzene rings is 2. The SMILES string of the molecule is CCc1c(F)ccc2cc(O)cc(CCC3N=Cc4c3cc(OC[C@@]35CCCN3C[C@H](F)C5)nc4N3CC4CCC(C3)N4)c12. The maximum Gasteiger partial charge on any atom is 0.215 e. The molecule has 2 bridgehead atoms. The van der Waals surface area contributed by atoms with Gasteiger partial charge in [-0.05, 0) is 97.2 Å². The zero-order valence-corrected chi connectivity index (χ0v) is 25.4. The number of aliphatic imine (C=N–C) groups is 1. The largest absolute Gasteiger partial charge is 0.508 e. The topological polar surface area (TPSA) is 73.2 Å². The number of phenols is 1. The monoisotopic (exact) mass is 601 g/mol. The number of phenolic OH excluding ortho intramolecular Hbond substituents is 1. The lowest BCUT2D eigenvalue weighted by Gasteiger charge is -2.35. The number of fused-ring (bicyclic) bond motifs is 5. The van der Waals surface area contributed by atoms with Crippen molar-refractivity contribution in [2.45, 2.75) is 88.1 Å². The van der Waals surface area contributed by atoms with Crippen molar-refractivity contribution in [2.24, 2.45) is 4.99 Å². The van der Waals surface area contributed by atoms with Crippen LogP contribution in [0.25, 0.3) is 10.8 Å². The number of rotatable bonds is 8. The number of aryl methyl sites for hydroxylation is 2. The van der Waals surface area contributed by atoms with Gasteiger partial charge in [0.25, 0.3) is 0 Å². The first kappa shape index (κ1) is 28.2. The molecule has 1 aromatic heterocycles. The highest BCUT2D eigenvalue weighted by atomic mass is 19.1. The van der Waals surface area contributed by atoms with Gasteiger partial charge in [0.2, 0.25) is 5.88 Å². The normalized spacial score (nSPS) is 29.1. The molecule has 4 saturated heterocycles. The number of hydrogen-bond donors (Lipinski definition) is 2. The minimum atomic E-state index is -0.799. The predicted octanol–water partition coefficient (Wildman–Crippen LogP) is 5.64. The molecule has 2 N–H and O–H groups in total. The average Bonchev–Trinajstić information content (AvgIpc) is 3.76. The van der Waals surface area contributed by atoms with E-state index in [2.05, 4.69) is 15.1 Å². The van der Waals surface area contributed by atoms with Gasteiger partial charge < -0.3 is 20.1 Å². The molecule has 3 aromatic rings. The first-order valence-electron chi connectivity index (χ1n) is 16.4. The Bertz CT molecular complexity index is 1620. The zero-order valence-electron chi connectivity index (χ0n) is 25.4. The molecule has 5 atom stereocenters. The van der Waals surface area contributed by atoms with Crippen molar-refractivity contribution in [1.29, 1.82) is 0 Å². The molecule has 0 saturated carbocycles. The third-order valence-corrected chi connectivity index (χ3v) is 10.8. The summed E-state index contributed by atoms with van der Waals surface area (Å²) in [4.78, 5) is 14.7. The molecule has 9 heteroatoms. The second-order valence-electron chi connectivity index (χ2n) is 13.6. The standard InChI is InChI=1S/C35H41F2N5O2/c1-2-27-30(37)8-4-21-12-26(43)13-22(33(21)27)5-9-31-28-14-32(44-20-35-10-3-11-42(35)17-23(36)15-35)40-34(29(28)16-38-31)41-18-24-6-7-25(19-41)39-24/h4,8,12-14,16,23-25,31,39,43H,2-3,5-7,9-11,15,17-20H2,1H3/t23-,24?,25?,31?,35+/m1/s1. The number of aromatic hydroxyl groups is 1. The number of hydrogen-bond acceptors (Lipinski definition) is 7. The number of nitrogens with one attached hydrogen (secondary N) is 1. The summed E-state index contributed by atoms with van der Waals surface area (Å²) in [5, 5.41) is 16.0. The molecule has 0 radical (unpaired) electrons. The van der Waals surface area contributed by atoms with E-state index in [0.29, 0.717) is 62.4 Å². The number of piperazine rings is 1. The summed E-state index contributed by atoms with van der Waals surface area (Å²) in [7, 11) is 0. The van der Waals surface area contributed by atoms with Gasteiger partial charge in [-0.3, -0.25) is 9.89 Å². The lowest BCUT2D eigenvalue weighted by molar-refractivity contribution is 0.110. The van der Waals surface area contributed by atoms with E-state index < -0.39 is 6.17 Å². The van der Waals surface area contributed by atoms with Crippen molar-refractivity contribution in [3.63, 3.8) is 0 Å². The van der Waals surface area contributed by atoms with E-state index in [-0.39, 0.29) is 23.1 Å². The van der Waals surface area contributed by atoms with Gasteiger partial charge in [0, 0.05) is 56.0 Å². The molecule has 5 aliphatic heterocycles. The summed E-state index contributed by atoms with van der Waals surface area (Å²) in [6.45, 7) is 5.64. The fourth-order valence-electron chi connectivity index (χ4n) is 8.79. The Labute approximate surface area is 257 Å². The van der Waals surface area contributed by atoms with Crippen molar-refractivity contribution >= 4 is 22.8 Å². The van der Waals surface area contributed by atoms with Gasteiger partial charge in [0.05, 0.1) is 11.6 Å². The van der Waals surface area contributed by atoms with Gasteiger partial charge in [-0.1, -0.05) is 13.0 Å². The Morgan fingerprint density at radius 2 is 1.98 bits per heavy atom. The maximum atomic E-state index is 14.8. The van der Waals surface area contributed by atoms with Crippen molar-refractivity contribution in [3.05, 3.63) is 58.4 Å². The molecule has 6 heterocycles. The van der Waals surface area contributed by atoms with Crippen molar-refractivity contribution in [2.75, 3.05) is 37.7 Å². The molecule has 2 aromatic carbocycles. The number of pyridine rings is 1. The summed E-state index contributed by atoms with van der Waals surface area (Å²) in [6, 6.07) is 9.59. The Hall–Kier alpha value is -3.30. The highest BCUT2D eigenvalue weighted by molar-refractivity contribution is 5.92. The molecular weight excluding hydrogens is 560 g/mol. The highest BCUT2D eigenvalue weighted by Crippen LogP contribution is 2.42. The molecule has 232 valence electrons. The second kappa shape index (κ2) is 10.9. The smallest absolute Gasteiger partial charge is 0.215 e. The van der Waals surface area contributed by atoms with Crippen LogP contribution in [0, 0.1) is 5.82 Å². The lowest BCUT2D eigenvalue weighted by Crippen LogP contribution is -2.51. The summed E-state index contributed by atoms with van der Waals surface area (Å²) in [5.74, 6) is 1.49. The van der Waals surface area contributed by atoms with Crippen LogP contribution in [0.2, 0.25) is 0 Å². The Morgan fingerprint density at radius 3 is 2.80 bits per heavy atom. The number of nitrogens with zero attached hydrogens (tertiary/aromatic N) is 4. The molecule has 44 heavy (non-hydrogen) atoms. The number of halogens is 2. The first-order valence-corrected chi connectivity index (χ1v) is 16.4. The molecule has 5 aliphatic rings. The van der Waals surface area contributed by atoms with Crippen LogP contribution in [0.3, 0.4) is 0 Å². The van der Waals surface area contributed by atoms with Crippen LogP contribution in [0.1, 0.15) is 73.7 Å². The summed E-state index contributed by atoms with van der Waals surface area (Å²) in [5.41, 5.74) is 3.53. The molecule has 4 fully saturated rings. The minimum Gasteiger partial charge on any atom is -0.508 e. The molecular formula is C35H41F2N5O2. The fourth-order valence-corrected chi connectivity index (χ4v) is 8.79. The van der Waals surface area contributed by atoms with Gasteiger partial charge >= 0.3 is 0 Å². The van der Waals surface area contributed by atoms with Crippen LogP contribution in [0.4, 0.5) is 14.6 Å². The van der Waals surface area contributed by atoms with E-state index in [1.54, 1.807) is 18.2 Å². The Balaban J connectivity index is 1.11. The van der Waals surface area contributed by atoms with Crippen molar-refractivity contribution in [3.8, 4) is 11.6 Å². The van der Waals surface area contributed by atoms with E-state index in [1.165, 1.54) is 18.9 Å².